The molecule has 2 aromatic rings. The number of rotatable bonds is 7. The number of carbonyl (C=O) groups is 2. The number of piperazine rings is 1. The molecular formula is C19H28N8O2S. The van der Waals surface area contributed by atoms with E-state index in [1.54, 1.807) is 9.58 Å². The maximum absolute atomic E-state index is 12.7. The van der Waals surface area contributed by atoms with Crippen molar-refractivity contribution >= 4 is 29.4 Å². The van der Waals surface area contributed by atoms with E-state index in [0.29, 0.717) is 43.6 Å². The fourth-order valence-electron chi connectivity index (χ4n) is 3.12. The Kier molecular flexibility index (Phi) is 7.63. The number of hydrogen-bond donors (Lipinski definition) is 2. The molecule has 0 spiro atoms. The number of nitrogens with one attached hydrogen (secondary N) is 2. The maximum Gasteiger partial charge on any atom is 0.321 e. The Hall–Kier alpha value is -2.66. The van der Waals surface area contributed by atoms with E-state index in [-0.39, 0.29) is 18.0 Å². The second-order valence-electron chi connectivity index (χ2n) is 7.20. The van der Waals surface area contributed by atoms with Crippen molar-refractivity contribution in [3.05, 3.63) is 24.3 Å². The number of carbonyl (C=O) groups excluding carboxylic acids is 2. The van der Waals surface area contributed by atoms with Gasteiger partial charge < -0.3 is 15.5 Å². The Morgan fingerprint density at radius 1 is 1.23 bits per heavy atom. The number of amides is 3. The zero-order chi connectivity index (χ0) is 21.5. The van der Waals surface area contributed by atoms with Crippen LogP contribution in [0.25, 0.3) is 5.69 Å². The first-order valence-corrected chi connectivity index (χ1v) is 11.2. The second kappa shape index (κ2) is 10.4. The standard InChI is InChI=1S/C19H28N8O2S/c1-4-14(2)20-17(28)13-25-8-10-26(11-9-25)18(29)21-15-6-5-7-16(12-15)27-19(30-3)22-23-24-27/h5-7,12,14H,4,8-11,13H2,1-3H3,(H,20,28)(H,21,29). The third kappa shape index (κ3) is 5.70. The lowest BCUT2D eigenvalue weighted by Gasteiger charge is -2.34. The highest BCUT2D eigenvalue weighted by Crippen LogP contribution is 2.19. The average molecular weight is 433 g/mol. The molecule has 0 saturated carbocycles. The van der Waals surface area contributed by atoms with E-state index >= 15 is 0 Å². The smallest absolute Gasteiger partial charge is 0.321 e. The van der Waals surface area contributed by atoms with Crippen LogP contribution in [0.4, 0.5) is 10.5 Å². The molecule has 1 fully saturated rings. The van der Waals surface area contributed by atoms with E-state index in [2.05, 4.69) is 31.1 Å². The zero-order valence-corrected chi connectivity index (χ0v) is 18.4. The second-order valence-corrected chi connectivity index (χ2v) is 7.97. The quantitative estimate of drug-likeness (QED) is 0.638. The Morgan fingerprint density at radius 2 is 2.00 bits per heavy atom. The molecular weight excluding hydrogens is 404 g/mol. The summed E-state index contributed by atoms with van der Waals surface area (Å²) in [6.45, 7) is 6.90. The van der Waals surface area contributed by atoms with Crippen LogP contribution in [0.2, 0.25) is 0 Å². The summed E-state index contributed by atoms with van der Waals surface area (Å²) in [6.07, 6.45) is 2.81. The molecule has 1 saturated heterocycles. The molecule has 3 amide bonds. The van der Waals surface area contributed by atoms with Crippen LogP contribution in [0.15, 0.2) is 29.4 Å². The van der Waals surface area contributed by atoms with Gasteiger partial charge in [-0.05, 0) is 48.2 Å². The molecule has 11 heteroatoms. The topological polar surface area (TPSA) is 108 Å². The van der Waals surface area contributed by atoms with Gasteiger partial charge in [0.2, 0.25) is 11.1 Å². The van der Waals surface area contributed by atoms with Gasteiger partial charge in [0.25, 0.3) is 0 Å². The highest BCUT2D eigenvalue weighted by Gasteiger charge is 2.23. The summed E-state index contributed by atoms with van der Waals surface area (Å²) in [7, 11) is 0. The summed E-state index contributed by atoms with van der Waals surface area (Å²) in [5.74, 6) is 0.0336. The highest BCUT2D eigenvalue weighted by molar-refractivity contribution is 7.98. The van der Waals surface area contributed by atoms with Gasteiger partial charge in [0.05, 0.1) is 12.2 Å². The maximum atomic E-state index is 12.7. The average Bonchev–Trinajstić information content (AvgIpc) is 3.23. The predicted octanol–water partition coefficient (Wildman–Crippen LogP) is 1.45. The van der Waals surface area contributed by atoms with Gasteiger partial charge in [-0.2, -0.15) is 4.68 Å². The van der Waals surface area contributed by atoms with Crippen molar-refractivity contribution in [3.8, 4) is 5.69 Å². The fourth-order valence-corrected chi connectivity index (χ4v) is 3.55. The Bertz CT molecular complexity index is 866. The van der Waals surface area contributed by atoms with Gasteiger partial charge in [0.15, 0.2) is 0 Å². The van der Waals surface area contributed by atoms with Crippen LogP contribution in [0, 0.1) is 0 Å². The summed E-state index contributed by atoms with van der Waals surface area (Å²) < 4.78 is 1.63. The lowest BCUT2D eigenvalue weighted by Crippen LogP contribution is -2.52. The van der Waals surface area contributed by atoms with Crippen LogP contribution in [0.5, 0.6) is 0 Å². The molecule has 162 valence electrons. The van der Waals surface area contributed by atoms with Crippen LogP contribution in [-0.2, 0) is 4.79 Å². The van der Waals surface area contributed by atoms with Gasteiger partial charge in [-0.25, -0.2) is 4.79 Å². The van der Waals surface area contributed by atoms with E-state index in [9.17, 15) is 9.59 Å². The summed E-state index contributed by atoms with van der Waals surface area (Å²) >= 11 is 1.45. The van der Waals surface area contributed by atoms with Crippen LogP contribution in [-0.4, -0.2) is 87.0 Å². The highest BCUT2D eigenvalue weighted by atomic mass is 32.2. The number of thioether (sulfide) groups is 1. The van der Waals surface area contributed by atoms with E-state index in [4.69, 9.17) is 0 Å². The monoisotopic (exact) mass is 432 g/mol. The number of benzene rings is 1. The number of anilines is 1. The molecule has 1 unspecified atom stereocenters. The van der Waals surface area contributed by atoms with E-state index in [1.165, 1.54) is 11.8 Å². The Labute approximate surface area is 180 Å². The molecule has 10 nitrogen and oxygen atoms in total. The molecule has 3 rings (SSSR count). The van der Waals surface area contributed by atoms with Crippen molar-refractivity contribution in [1.82, 2.24) is 35.3 Å². The molecule has 1 aliphatic rings. The number of tetrazole rings is 1. The van der Waals surface area contributed by atoms with Crippen molar-refractivity contribution < 1.29 is 9.59 Å². The Morgan fingerprint density at radius 3 is 2.70 bits per heavy atom. The minimum atomic E-state index is -0.155. The molecule has 0 radical (unpaired) electrons. The van der Waals surface area contributed by atoms with E-state index in [0.717, 1.165) is 12.1 Å². The molecule has 1 aliphatic heterocycles. The third-order valence-electron chi connectivity index (χ3n) is 5.01. The first-order chi connectivity index (χ1) is 14.5. The third-order valence-corrected chi connectivity index (χ3v) is 5.63. The largest absolute Gasteiger partial charge is 0.353 e. The van der Waals surface area contributed by atoms with Gasteiger partial charge in [-0.15, -0.1) is 5.10 Å². The van der Waals surface area contributed by atoms with Crippen molar-refractivity contribution in [3.63, 3.8) is 0 Å². The molecule has 2 heterocycles. The molecule has 0 bridgehead atoms. The minimum Gasteiger partial charge on any atom is -0.353 e. The molecule has 30 heavy (non-hydrogen) atoms. The first kappa shape index (κ1) is 22.0. The van der Waals surface area contributed by atoms with Crippen molar-refractivity contribution in [2.24, 2.45) is 0 Å². The molecule has 1 aromatic carbocycles. The van der Waals surface area contributed by atoms with Crippen LogP contribution in [0.1, 0.15) is 20.3 Å². The van der Waals surface area contributed by atoms with Crippen LogP contribution in [0.3, 0.4) is 0 Å². The van der Waals surface area contributed by atoms with E-state index in [1.807, 2.05) is 44.4 Å². The van der Waals surface area contributed by atoms with Gasteiger partial charge in [0, 0.05) is 37.9 Å². The van der Waals surface area contributed by atoms with E-state index < -0.39 is 0 Å². The lowest BCUT2D eigenvalue weighted by atomic mass is 10.2. The summed E-state index contributed by atoms with van der Waals surface area (Å²) in [4.78, 5) is 28.6. The SMILES string of the molecule is CCC(C)NC(=O)CN1CCN(C(=O)Nc2cccc(-n3nnnc3SC)c2)CC1. The number of hydrogen-bond acceptors (Lipinski definition) is 7. The van der Waals surface area contributed by atoms with Gasteiger partial charge in [-0.3, -0.25) is 9.69 Å². The van der Waals surface area contributed by atoms with Gasteiger partial charge in [-0.1, -0.05) is 24.8 Å². The van der Waals surface area contributed by atoms with Crippen LogP contribution >= 0.6 is 11.8 Å². The Balaban J connectivity index is 1.52. The van der Waals surface area contributed by atoms with Gasteiger partial charge >= 0.3 is 6.03 Å². The summed E-state index contributed by atoms with van der Waals surface area (Å²) in [5, 5.41) is 18.2. The lowest BCUT2D eigenvalue weighted by molar-refractivity contribution is -0.123. The summed E-state index contributed by atoms with van der Waals surface area (Å²) in [6, 6.07) is 7.43. The summed E-state index contributed by atoms with van der Waals surface area (Å²) in [5.41, 5.74) is 1.45. The normalized spacial score (nSPS) is 15.6. The molecule has 0 aliphatic carbocycles. The number of aromatic nitrogens is 4. The number of urea groups is 1. The zero-order valence-electron chi connectivity index (χ0n) is 17.5. The van der Waals surface area contributed by atoms with Crippen LogP contribution < -0.4 is 10.6 Å². The molecule has 1 aromatic heterocycles. The van der Waals surface area contributed by atoms with Gasteiger partial charge in [0.1, 0.15) is 0 Å². The molecule has 1 atom stereocenters. The van der Waals surface area contributed by atoms with Crippen molar-refractivity contribution in [1.29, 1.82) is 0 Å². The fraction of sp³-hybridized carbons (Fsp3) is 0.526. The predicted molar refractivity (Wildman–Crippen MR) is 116 cm³/mol. The number of nitrogens with zero attached hydrogens (tertiary/aromatic N) is 6. The van der Waals surface area contributed by atoms with Crippen molar-refractivity contribution in [2.75, 3.05) is 44.3 Å². The first-order valence-electron chi connectivity index (χ1n) is 10.0. The molecule has 2 N–H and O–H groups in total. The minimum absolute atomic E-state index is 0.0336. The van der Waals surface area contributed by atoms with Crippen molar-refractivity contribution in [2.45, 2.75) is 31.5 Å².